The molecule has 0 aliphatic carbocycles. The zero-order chi connectivity index (χ0) is 9.84. The summed E-state index contributed by atoms with van der Waals surface area (Å²) in [5.74, 6) is -0.0262. The number of rotatable bonds is 3. The van der Waals surface area contributed by atoms with E-state index in [1.807, 2.05) is 14.1 Å². The van der Waals surface area contributed by atoms with Gasteiger partial charge in [0, 0.05) is 13.0 Å². The molecule has 2 amide bonds. The molecule has 0 saturated carbocycles. The molecular weight excluding hydrogens is 170 g/mol. The zero-order valence-corrected chi connectivity index (χ0v) is 7.96. The number of nitrogens with one attached hydrogen (secondary N) is 2. The first kappa shape index (κ1) is 9.98. The molecule has 1 aliphatic rings. The van der Waals surface area contributed by atoms with Crippen LogP contribution in [0.1, 0.15) is 6.42 Å². The van der Waals surface area contributed by atoms with Gasteiger partial charge in [0.15, 0.2) is 0 Å². The number of hydrogen-bond acceptors (Lipinski definition) is 3. The predicted molar refractivity (Wildman–Crippen MR) is 48.1 cm³/mol. The summed E-state index contributed by atoms with van der Waals surface area (Å²) in [6.45, 7) is 0.919. The highest BCUT2D eigenvalue weighted by molar-refractivity contribution is 5.82. The second kappa shape index (κ2) is 4.23. The molecule has 5 heteroatoms. The van der Waals surface area contributed by atoms with Crippen LogP contribution in [0.25, 0.3) is 0 Å². The molecule has 74 valence electrons. The Morgan fingerprint density at radius 2 is 2.38 bits per heavy atom. The van der Waals surface area contributed by atoms with Gasteiger partial charge >= 0.3 is 0 Å². The summed E-state index contributed by atoms with van der Waals surface area (Å²) in [4.78, 5) is 23.8. The third-order valence-corrected chi connectivity index (χ3v) is 1.80. The SMILES string of the molecule is CN(C)CC(=O)NC1CNC(=O)C1. The Balaban J connectivity index is 2.24. The van der Waals surface area contributed by atoms with Crippen LogP contribution in [0, 0.1) is 0 Å². The second-order valence-corrected chi connectivity index (χ2v) is 3.51. The van der Waals surface area contributed by atoms with Crippen molar-refractivity contribution in [3.8, 4) is 0 Å². The Labute approximate surface area is 77.5 Å². The summed E-state index contributed by atoms with van der Waals surface area (Å²) < 4.78 is 0. The molecule has 0 aromatic heterocycles. The highest BCUT2D eigenvalue weighted by atomic mass is 16.2. The smallest absolute Gasteiger partial charge is 0.234 e. The van der Waals surface area contributed by atoms with Gasteiger partial charge < -0.3 is 15.5 Å². The highest BCUT2D eigenvalue weighted by Gasteiger charge is 2.22. The van der Waals surface area contributed by atoms with Crippen molar-refractivity contribution in [3.05, 3.63) is 0 Å². The predicted octanol–water partition coefficient (Wildman–Crippen LogP) is -1.45. The normalized spacial score (nSPS) is 21.8. The number of carbonyl (C=O) groups is 2. The lowest BCUT2D eigenvalue weighted by atomic mass is 10.2. The summed E-state index contributed by atoms with van der Waals surface area (Å²) in [5.41, 5.74) is 0. The van der Waals surface area contributed by atoms with E-state index in [0.717, 1.165) is 0 Å². The van der Waals surface area contributed by atoms with Crippen LogP contribution in [0.2, 0.25) is 0 Å². The van der Waals surface area contributed by atoms with Crippen LogP contribution in [-0.4, -0.2) is 49.9 Å². The van der Waals surface area contributed by atoms with Crippen molar-refractivity contribution in [1.82, 2.24) is 15.5 Å². The molecule has 1 rings (SSSR count). The van der Waals surface area contributed by atoms with Crippen molar-refractivity contribution in [3.63, 3.8) is 0 Å². The number of amides is 2. The lowest BCUT2D eigenvalue weighted by molar-refractivity contribution is -0.122. The van der Waals surface area contributed by atoms with Gasteiger partial charge in [-0.3, -0.25) is 9.59 Å². The molecule has 0 radical (unpaired) electrons. The summed E-state index contributed by atoms with van der Waals surface area (Å²) >= 11 is 0. The average Bonchev–Trinajstić information content (AvgIpc) is 2.33. The van der Waals surface area contributed by atoms with Gasteiger partial charge in [0.25, 0.3) is 0 Å². The largest absolute Gasteiger partial charge is 0.354 e. The topological polar surface area (TPSA) is 61.4 Å². The zero-order valence-electron chi connectivity index (χ0n) is 7.96. The van der Waals surface area contributed by atoms with Gasteiger partial charge in [-0.05, 0) is 14.1 Å². The molecule has 1 unspecified atom stereocenters. The maximum Gasteiger partial charge on any atom is 0.234 e. The minimum absolute atomic E-state index is 0.00940. The molecule has 1 fully saturated rings. The first-order valence-corrected chi connectivity index (χ1v) is 4.28. The van der Waals surface area contributed by atoms with Crippen LogP contribution in [0.3, 0.4) is 0 Å². The Kier molecular flexibility index (Phi) is 3.25. The fourth-order valence-corrected chi connectivity index (χ4v) is 1.27. The molecule has 0 aromatic rings. The molecule has 0 bridgehead atoms. The van der Waals surface area contributed by atoms with Gasteiger partial charge in [-0.25, -0.2) is 0 Å². The van der Waals surface area contributed by atoms with E-state index in [-0.39, 0.29) is 17.9 Å². The summed E-state index contributed by atoms with van der Waals surface area (Å²) in [6.07, 6.45) is 0.402. The van der Waals surface area contributed by atoms with Crippen LogP contribution in [0.5, 0.6) is 0 Å². The van der Waals surface area contributed by atoms with Gasteiger partial charge in [-0.1, -0.05) is 0 Å². The standard InChI is InChI=1S/C8H15N3O2/c1-11(2)5-8(13)10-6-3-7(12)9-4-6/h6H,3-5H2,1-2H3,(H,9,12)(H,10,13). The van der Waals surface area contributed by atoms with Crippen molar-refractivity contribution in [1.29, 1.82) is 0 Å². The Morgan fingerprint density at radius 1 is 1.69 bits per heavy atom. The van der Waals surface area contributed by atoms with Gasteiger partial charge in [0.05, 0.1) is 12.6 Å². The van der Waals surface area contributed by atoms with Gasteiger partial charge in [-0.15, -0.1) is 0 Å². The minimum atomic E-state index is -0.0356. The highest BCUT2D eigenvalue weighted by Crippen LogP contribution is 1.98. The number of nitrogens with zero attached hydrogens (tertiary/aromatic N) is 1. The molecule has 0 aromatic carbocycles. The van der Waals surface area contributed by atoms with E-state index in [0.29, 0.717) is 19.5 Å². The fourth-order valence-electron chi connectivity index (χ4n) is 1.27. The van der Waals surface area contributed by atoms with Crippen LogP contribution in [0.15, 0.2) is 0 Å². The molecule has 13 heavy (non-hydrogen) atoms. The summed E-state index contributed by atoms with van der Waals surface area (Å²) in [7, 11) is 3.66. The van der Waals surface area contributed by atoms with Crippen LogP contribution >= 0.6 is 0 Å². The van der Waals surface area contributed by atoms with E-state index in [1.54, 1.807) is 4.90 Å². The first-order chi connectivity index (χ1) is 6.08. The van der Waals surface area contributed by atoms with E-state index >= 15 is 0 Å². The second-order valence-electron chi connectivity index (χ2n) is 3.51. The molecular formula is C8H15N3O2. The molecule has 1 atom stereocenters. The van der Waals surface area contributed by atoms with E-state index in [9.17, 15) is 9.59 Å². The third-order valence-electron chi connectivity index (χ3n) is 1.80. The lowest BCUT2D eigenvalue weighted by Gasteiger charge is -2.13. The molecule has 5 nitrogen and oxygen atoms in total. The Morgan fingerprint density at radius 3 is 2.85 bits per heavy atom. The average molecular weight is 185 g/mol. The van der Waals surface area contributed by atoms with Gasteiger partial charge in [0.1, 0.15) is 0 Å². The molecule has 0 spiro atoms. The van der Waals surface area contributed by atoms with Crippen LogP contribution < -0.4 is 10.6 Å². The van der Waals surface area contributed by atoms with E-state index < -0.39 is 0 Å². The summed E-state index contributed by atoms with van der Waals surface area (Å²) in [5, 5.41) is 5.44. The molecule has 1 heterocycles. The third kappa shape index (κ3) is 3.42. The van der Waals surface area contributed by atoms with Gasteiger partial charge in [-0.2, -0.15) is 0 Å². The number of likely N-dealkylation sites (N-methyl/N-ethyl adjacent to an activating group) is 1. The van der Waals surface area contributed by atoms with E-state index in [2.05, 4.69) is 10.6 Å². The fraction of sp³-hybridized carbons (Fsp3) is 0.750. The van der Waals surface area contributed by atoms with E-state index in [4.69, 9.17) is 0 Å². The van der Waals surface area contributed by atoms with E-state index in [1.165, 1.54) is 0 Å². The Hall–Kier alpha value is -1.10. The maximum absolute atomic E-state index is 11.2. The molecule has 2 N–H and O–H groups in total. The molecule has 1 saturated heterocycles. The number of hydrogen-bond donors (Lipinski definition) is 2. The van der Waals surface area contributed by atoms with Gasteiger partial charge in [0.2, 0.25) is 11.8 Å². The quantitative estimate of drug-likeness (QED) is 0.565. The minimum Gasteiger partial charge on any atom is -0.354 e. The van der Waals surface area contributed by atoms with Crippen LogP contribution in [-0.2, 0) is 9.59 Å². The number of carbonyl (C=O) groups excluding carboxylic acids is 2. The summed E-state index contributed by atoms with van der Waals surface area (Å²) in [6, 6.07) is -0.0278. The molecule has 1 aliphatic heterocycles. The van der Waals surface area contributed by atoms with Crippen molar-refractivity contribution in [2.45, 2.75) is 12.5 Å². The van der Waals surface area contributed by atoms with Crippen molar-refractivity contribution < 1.29 is 9.59 Å². The van der Waals surface area contributed by atoms with Crippen molar-refractivity contribution in [2.75, 3.05) is 27.2 Å². The first-order valence-electron chi connectivity index (χ1n) is 4.28. The monoisotopic (exact) mass is 185 g/mol. The van der Waals surface area contributed by atoms with Crippen LogP contribution in [0.4, 0.5) is 0 Å². The van der Waals surface area contributed by atoms with Crippen molar-refractivity contribution in [2.24, 2.45) is 0 Å². The lowest BCUT2D eigenvalue weighted by Crippen LogP contribution is -2.41. The maximum atomic E-state index is 11.2. The van der Waals surface area contributed by atoms with Crippen molar-refractivity contribution >= 4 is 11.8 Å². The Bertz CT molecular complexity index is 215.